The minimum atomic E-state index is 0.290. The van der Waals surface area contributed by atoms with Gasteiger partial charge in [0.05, 0.1) is 0 Å². The Balaban J connectivity index is 1.84. The van der Waals surface area contributed by atoms with E-state index in [0.29, 0.717) is 0 Å². The molecule has 2 aliphatic carbocycles. The standard InChI is InChI=1S/C42H58/c1-33(21-15-23-35(3)27-29-39-37(5)25-17-31-41(39,7)8)19-13-11-12-14-20-34(2)22-16-24-36(4)28-30-40-38(6)26-18-32-42(40,9)10/h11-16,19-24,27-30H,17-18,25-26,31-32H2,1-10H3/b13-11+,14-12+,21-15+,22-16+,29-27+,30-28+,33-19+,34-20+,35-23+,36-24+. The molecule has 0 heteroatoms. The van der Waals surface area contributed by atoms with E-state index in [1.807, 2.05) is 0 Å². The summed E-state index contributed by atoms with van der Waals surface area (Å²) in [4.78, 5) is 0. The monoisotopic (exact) mass is 562 g/mol. The zero-order valence-electron chi connectivity index (χ0n) is 28.5. The molecule has 2 aliphatic rings. The number of allylic oxidation sites excluding steroid dienone is 24. The highest BCUT2D eigenvalue weighted by Crippen LogP contribution is 2.41. The van der Waals surface area contributed by atoms with Gasteiger partial charge in [0.25, 0.3) is 0 Å². The first-order chi connectivity index (χ1) is 19.8. The highest BCUT2D eigenvalue weighted by atomic mass is 14.3. The molecule has 0 aromatic rings. The first-order valence-electron chi connectivity index (χ1n) is 16.0. The molecule has 0 aromatic heterocycles. The van der Waals surface area contributed by atoms with Gasteiger partial charge < -0.3 is 0 Å². The third kappa shape index (κ3) is 12.4. The molecule has 0 unspecified atom stereocenters. The molecule has 0 saturated heterocycles. The molecule has 0 saturated carbocycles. The fraction of sp³-hybridized carbons (Fsp3) is 0.429. The maximum absolute atomic E-state index is 2.37. The van der Waals surface area contributed by atoms with Gasteiger partial charge in [-0.15, -0.1) is 0 Å². The number of hydrogen-bond donors (Lipinski definition) is 0. The van der Waals surface area contributed by atoms with Crippen LogP contribution in [0.25, 0.3) is 0 Å². The molecular weight excluding hydrogens is 504 g/mol. The molecule has 0 nitrogen and oxygen atoms in total. The van der Waals surface area contributed by atoms with Crippen LogP contribution in [0.15, 0.2) is 142 Å². The number of hydrogen-bond acceptors (Lipinski definition) is 0. The van der Waals surface area contributed by atoms with Crippen molar-refractivity contribution in [2.45, 2.75) is 108 Å². The first kappa shape index (κ1) is 35.1. The third-order valence-electron chi connectivity index (χ3n) is 8.60. The lowest BCUT2D eigenvalue weighted by molar-refractivity contribution is 0.376. The molecule has 0 N–H and O–H groups in total. The molecule has 0 bridgehead atoms. The molecule has 0 aromatic carbocycles. The van der Waals surface area contributed by atoms with E-state index < -0.39 is 0 Å². The van der Waals surface area contributed by atoms with Gasteiger partial charge in [-0.1, -0.05) is 158 Å². The van der Waals surface area contributed by atoms with Crippen molar-refractivity contribution in [3.8, 4) is 0 Å². The second kappa shape index (κ2) is 17.1. The lowest BCUT2D eigenvalue weighted by Crippen LogP contribution is -2.19. The van der Waals surface area contributed by atoms with E-state index in [0.717, 1.165) is 0 Å². The van der Waals surface area contributed by atoms with E-state index in [-0.39, 0.29) is 10.8 Å². The van der Waals surface area contributed by atoms with Crippen LogP contribution < -0.4 is 0 Å². The van der Waals surface area contributed by atoms with E-state index in [2.05, 4.69) is 166 Å². The van der Waals surface area contributed by atoms with E-state index in [4.69, 9.17) is 0 Å². The maximum atomic E-state index is 2.37. The minimum absolute atomic E-state index is 0.290. The first-order valence-corrected chi connectivity index (χ1v) is 16.0. The van der Waals surface area contributed by atoms with Crippen LogP contribution in [0.5, 0.6) is 0 Å². The van der Waals surface area contributed by atoms with Gasteiger partial charge in [-0.2, -0.15) is 0 Å². The predicted molar refractivity (Wildman–Crippen MR) is 191 cm³/mol. The number of rotatable bonds is 11. The van der Waals surface area contributed by atoms with E-state index in [1.54, 1.807) is 11.1 Å². The summed E-state index contributed by atoms with van der Waals surface area (Å²) in [7, 11) is 0. The molecular formula is C42H58. The van der Waals surface area contributed by atoms with Crippen molar-refractivity contribution in [2.75, 3.05) is 0 Å². The Morgan fingerprint density at radius 3 is 1.17 bits per heavy atom. The van der Waals surface area contributed by atoms with Gasteiger partial charge >= 0.3 is 0 Å². The van der Waals surface area contributed by atoms with Crippen LogP contribution in [0.3, 0.4) is 0 Å². The van der Waals surface area contributed by atoms with Crippen molar-refractivity contribution in [3.63, 3.8) is 0 Å². The third-order valence-corrected chi connectivity index (χ3v) is 8.60. The van der Waals surface area contributed by atoms with Crippen molar-refractivity contribution in [2.24, 2.45) is 10.8 Å². The molecule has 0 amide bonds. The Kier molecular flexibility index (Phi) is 14.3. The normalized spacial score (nSPS) is 21.7. The summed E-state index contributed by atoms with van der Waals surface area (Å²) in [6, 6.07) is 0. The molecule has 226 valence electrons. The van der Waals surface area contributed by atoms with Crippen molar-refractivity contribution in [3.05, 3.63) is 142 Å². The molecule has 0 radical (unpaired) electrons. The Hall–Kier alpha value is -3.12. The summed E-state index contributed by atoms with van der Waals surface area (Å²) in [6.45, 7) is 22.7. The van der Waals surface area contributed by atoms with Crippen molar-refractivity contribution < 1.29 is 0 Å². The topological polar surface area (TPSA) is 0 Å². The lowest BCUT2D eigenvalue weighted by atomic mass is 9.72. The molecule has 2 rings (SSSR count). The Bertz CT molecular complexity index is 1190. The summed E-state index contributed by atoms with van der Waals surface area (Å²) in [6.07, 6.45) is 42.4. The summed E-state index contributed by atoms with van der Waals surface area (Å²) in [5.74, 6) is 0. The van der Waals surface area contributed by atoms with Crippen molar-refractivity contribution in [1.82, 2.24) is 0 Å². The van der Waals surface area contributed by atoms with Gasteiger partial charge in [-0.3, -0.25) is 0 Å². The van der Waals surface area contributed by atoms with Gasteiger partial charge in [-0.05, 0) is 102 Å². The molecule has 0 heterocycles. The predicted octanol–water partition coefficient (Wildman–Crippen LogP) is 13.2. The van der Waals surface area contributed by atoms with Crippen LogP contribution in [0.4, 0.5) is 0 Å². The molecule has 0 atom stereocenters. The average Bonchev–Trinajstić information content (AvgIpc) is 2.89. The highest BCUT2D eigenvalue weighted by Gasteiger charge is 2.27. The van der Waals surface area contributed by atoms with Crippen LogP contribution in [0.1, 0.15) is 108 Å². The van der Waals surface area contributed by atoms with Crippen molar-refractivity contribution >= 4 is 0 Å². The van der Waals surface area contributed by atoms with Crippen LogP contribution >= 0.6 is 0 Å². The van der Waals surface area contributed by atoms with Gasteiger partial charge in [0.1, 0.15) is 0 Å². The average molecular weight is 563 g/mol. The van der Waals surface area contributed by atoms with Crippen LogP contribution in [-0.4, -0.2) is 0 Å². The molecule has 42 heavy (non-hydrogen) atoms. The largest absolute Gasteiger partial charge is 0.0696 e. The van der Waals surface area contributed by atoms with Crippen LogP contribution in [0, 0.1) is 10.8 Å². The fourth-order valence-corrected chi connectivity index (χ4v) is 5.92. The summed E-state index contributed by atoms with van der Waals surface area (Å²) in [5, 5.41) is 0. The Morgan fingerprint density at radius 1 is 0.476 bits per heavy atom. The molecule has 0 spiro atoms. The summed E-state index contributed by atoms with van der Waals surface area (Å²) >= 11 is 0. The van der Waals surface area contributed by atoms with E-state index in [1.165, 1.54) is 72.0 Å². The van der Waals surface area contributed by atoms with Gasteiger partial charge in [-0.25, -0.2) is 0 Å². The molecule has 0 aliphatic heterocycles. The second-order valence-corrected chi connectivity index (χ2v) is 13.7. The van der Waals surface area contributed by atoms with Crippen LogP contribution in [0.2, 0.25) is 0 Å². The maximum Gasteiger partial charge on any atom is -0.0104 e. The highest BCUT2D eigenvalue weighted by molar-refractivity contribution is 5.38. The van der Waals surface area contributed by atoms with Gasteiger partial charge in [0.2, 0.25) is 0 Å². The summed E-state index contributed by atoms with van der Waals surface area (Å²) < 4.78 is 0. The molecule has 0 fully saturated rings. The van der Waals surface area contributed by atoms with E-state index >= 15 is 0 Å². The zero-order chi connectivity index (χ0) is 31.2. The van der Waals surface area contributed by atoms with E-state index in [9.17, 15) is 0 Å². The quantitative estimate of drug-likeness (QED) is 0.220. The SMILES string of the molecule is CC1=C(/C=C/C(C)=C/C=C/C(C)=C/C=C/C=C/C=C(C)/C=C/C=C(C)/C=C/C2=C(C)CCCC2(C)C)C(C)(C)CCC1. The Labute approximate surface area is 259 Å². The summed E-state index contributed by atoms with van der Waals surface area (Å²) in [5.41, 5.74) is 11.7. The lowest BCUT2D eigenvalue weighted by Gasteiger charge is -2.33. The smallest absolute Gasteiger partial charge is 0.0104 e. The van der Waals surface area contributed by atoms with Gasteiger partial charge in [0, 0.05) is 0 Å². The second-order valence-electron chi connectivity index (χ2n) is 13.7. The van der Waals surface area contributed by atoms with Crippen LogP contribution in [-0.2, 0) is 0 Å². The fourth-order valence-electron chi connectivity index (χ4n) is 5.92. The Morgan fingerprint density at radius 2 is 0.810 bits per heavy atom. The van der Waals surface area contributed by atoms with Gasteiger partial charge in [0.15, 0.2) is 0 Å². The minimum Gasteiger partial charge on any atom is -0.0696 e. The van der Waals surface area contributed by atoms with Crippen molar-refractivity contribution in [1.29, 1.82) is 0 Å². The zero-order valence-corrected chi connectivity index (χ0v) is 28.5.